The fraction of sp³-hybridized carbons (Fsp3) is 0.800. The van der Waals surface area contributed by atoms with Gasteiger partial charge in [0, 0.05) is 0 Å². The highest BCUT2D eigenvalue weighted by atomic mass is 16.5. The summed E-state index contributed by atoms with van der Waals surface area (Å²) in [5.74, 6) is 0.380. The van der Waals surface area contributed by atoms with Crippen molar-refractivity contribution in [3.63, 3.8) is 0 Å². The zero-order chi connectivity index (χ0) is 27.0. The van der Waals surface area contributed by atoms with Crippen LogP contribution in [0.15, 0.2) is 24.3 Å². The number of esters is 1. The molecule has 1 rings (SSSR count). The third kappa shape index (κ3) is 19.4. The molecule has 0 radical (unpaired) electrons. The molecule has 2 nitrogen and oxygen atoms in total. The summed E-state index contributed by atoms with van der Waals surface area (Å²) in [6.07, 6.45) is 28.7. The molecule has 0 aliphatic carbocycles. The van der Waals surface area contributed by atoms with E-state index in [0.717, 1.165) is 18.4 Å². The lowest BCUT2D eigenvalue weighted by Crippen LogP contribution is -2.14. The summed E-state index contributed by atoms with van der Waals surface area (Å²) in [7, 11) is 0. The quantitative estimate of drug-likeness (QED) is 0.0957. The molecule has 0 aromatic heterocycles. The molecule has 1 atom stereocenters. The first-order valence-corrected chi connectivity index (χ1v) is 16.3. The molecule has 0 saturated heterocycles. The summed E-state index contributed by atoms with van der Waals surface area (Å²) in [5, 5.41) is 0. The predicted octanol–water partition coefficient (Wildman–Crippen LogP) is 11.4. The maximum Gasteiger partial charge on any atom is 0.313 e. The van der Waals surface area contributed by atoms with Gasteiger partial charge in [0.15, 0.2) is 0 Å². The van der Waals surface area contributed by atoms with Crippen LogP contribution >= 0.6 is 0 Å². The van der Waals surface area contributed by atoms with E-state index in [9.17, 15) is 4.79 Å². The largest absolute Gasteiger partial charge is 0.465 e. The molecule has 1 aromatic carbocycles. The Morgan fingerprint density at radius 2 is 0.973 bits per heavy atom. The van der Waals surface area contributed by atoms with Gasteiger partial charge in [0.2, 0.25) is 0 Å². The number of ether oxygens (including phenoxy) is 1. The van der Waals surface area contributed by atoms with Gasteiger partial charge in [0.05, 0.1) is 12.5 Å². The van der Waals surface area contributed by atoms with E-state index in [1.165, 1.54) is 128 Å². The molecule has 0 spiro atoms. The van der Waals surface area contributed by atoms with Crippen molar-refractivity contribution in [1.82, 2.24) is 0 Å². The molecule has 2 heteroatoms. The SMILES string of the molecule is CCCCCCCCCCCCCCCCCCCCCCOC(=O)C(C)c1ccc(CC(C)C)cc1. The van der Waals surface area contributed by atoms with E-state index in [-0.39, 0.29) is 11.9 Å². The van der Waals surface area contributed by atoms with Crippen LogP contribution in [0.2, 0.25) is 0 Å². The Hall–Kier alpha value is -1.31. The molecule has 0 aliphatic heterocycles. The highest BCUT2D eigenvalue weighted by molar-refractivity contribution is 5.77. The van der Waals surface area contributed by atoms with Crippen LogP contribution in [0.5, 0.6) is 0 Å². The zero-order valence-corrected chi connectivity index (χ0v) is 25.3. The number of carbonyl (C=O) groups excluding carboxylic acids is 1. The average molecular weight is 515 g/mol. The summed E-state index contributed by atoms with van der Waals surface area (Å²) in [5.41, 5.74) is 2.39. The highest BCUT2D eigenvalue weighted by Gasteiger charge is 2.16. The van der Waals surface area contributed by atoms with Crippen molar-refractivity contribution in [3.05, 3.63) is 35.4 Å². The van der Waals surface area contributed by atoms with Crippen LogP contribution in [-0.4, -0.2) is 12.6 Å². The standard InChI is InChI=1S/C35H62O2/c1-5-6-7-8-9-10-11-12-13-14-15-16-17-18-19-20-21-22-23-24-29-37-35(36)32(4)34-27-25-33(26-28-34)30-31(2)3/h25-28,31-32H,5-24,29-30H2,1-4H3. The molecule has 0 N–H and O–H groups in total. The first kappa shape index (κ1) is 33.7. The van der Waals surface area contributed by atoms with E-state index in [4.69, 9.17) is 4.74 Å². The Bertz CT molecular complexity index is 633. The Morgan fingerprint density at radius 1 is 0.595 bits per heavy atom. The zero-order valence-electron chi connectivity index (χ0n) is 25.3. The van der Waals surface area contributed by atoms with Crippen LogP contribution in [0.1, 0.15) is 173 Å². The molecule has 0 amide bonds. The van der Waals surface area contributed by atoms with Gasteiger partial charge >= 0.3 is 5.97 Å². The van der Waals surface area contributed by atoms with Gasteiger partial charge in [-0.3, -0.25) is 4.79 Å². The Kier molecular flexibility index (Phi) is 21.7. The summed E-state index contributed by atoms with van der Waals surface area (Å²) in [6.45, 7) is 9.27. The summed E-state index contributed by atoms with van der Waals surface area (Å²) >= 11 is 0. The van der Waals surface area contributed by atoms with E-state index in [0.29, 0.717) is 12.5 Å². The molecule has 0 aliphatic rings. The first-order chi connectivity index (χ1) is 18.0. The van der Waals surface area contributed by atoms with Gasteiger partial charge in [-0.25, -0.2) is 0 Å². The minimum atomic E-state index is -0.182. The van der Waals surface area contributed by atoms with Gasteiger partial charge in [-0.05, 0) is 36.8 Å². The summed E-state index contributed by atoms with van der Waals surface area (Å²) in [4.78, 5) is 12.4. The van der Waals surface area contributed by atoms with E-state index < -0.39 is 0 Å². The molecular formula is C35H62O2. The lowest BCUT2D eigenvalue weighted by molar-refractivity contribution is -0.145. The third-order valence-corrected chi connectivity index (χ3v) is 7.72. The number of benzene rings is 1. The third-order valence-electron chi connectivity index (χ3n) is 7.72. The Labute approximate surface area is 231 Å². The minimum absolute atomic E-state index is 0.0885. The molecule has 214 valence electrons. The molecule has 0 bridgehead atoms. The fourth-order valence-corrected chi connectivity index (χ4v) is 5.20. The van der Waals surface area contributed by atoms with Gasteiger partial charge in [0.1, 0.15) is 0 Å². The van der Waals surface area contributed by atoms with E-state index in [2.05, 4.69) is 45.0 Å². The van der Waals surface area contributed by atoms with Crippen molar-refractivity contribution in [3.8, 4) is 0 Å². The van der Waals surface area contributed by atoms with Crippen LogP contribution in [0, 0.1) is 5.92 Å². The van der Waals surface area contributed by atoms with Crippen molar-refractivity contribution >= 4 is 5.97 Å². The number of hydrogen-bond donors (Lipinski definition) is 0. The fourth-order valence-electron chi connectivity index (χ4n) is 5.20. The van der Waals surface area contributed by atoms with Crippen LogP contribution in [-0.2, 0) is 16.0 Å². The van der Waals surface area contributed by atoms with Gasteiger partial charge < -0.3 is 4.74 Å². The normalized spacial score (nSPS) is 12.2. The van der Waals surface area contributed by atoms with Crippen LogP contribution in [0.3, 0.4) is 0 Å². The van der Waals surface area contributed by atoms with Crippen molar-refractivity contribution in [1.29, 1.82) is 0 Å². The first-order valence-electron chi connectivity index (χ1n) is 16.3. The number of carbonyl (C=O) groups is 1. The average Bonchev–Trinajstić information content (AvgIpc) is 2.89. The molecule has 1 unspecified atom stereocenters. The van der Waals surface area contributed by atoms with Gasteiger partial charge in [-0.15, -0.1) is 0 Å². The molecular weight excluding hydrogens is 452 g/mol. The van der Waals surface area contributed by atoms with E-state index in [1.807, 2.05) is 6.92 Å². The molecule has 0 heterocycles. The highest BCUT2D eigenvalue weighted by Crippen LogP contribution is 2.19. The number of rotatable bonds is 25. The second-order valence-electron chi connectivity index (χ2n) is 11.9. The number of unbranched alkanes of at least 4 members (excludes halogenated alkanes) is 19. The monoisotopic (exact) mass is 514 g/mol. The lowest BCUT2D eigenvalue weighted by atomic mass is 9.97. The van der Waals surface area contributed by atoms with Crippen molar-refractivity contribution in [2.24, 2.45) is 5.92 Å². The van der Waals surface area contributed by atoms with Gasteiger partial charge in [-0.1, -0.05) is 167 Å². The van der Waals surface area contributed by atoms with E-state index in [1.54, 1.807) is 0 Å². The maximum absolute atomic E-state index is 12.4. The maximum atomic E-state index is 12.4. The predicted molar refractivity (Wildman–Crippen MR) is 162 cm³/mol. The second kappa shape index (κ2) is 23.8. The number of hydrogen-bond acceptors (Lipinski definition) is 2. The summed E-state index contributed by atoms with van der Waals surface area (Å²) in [6, 6.07) is 8.47. The van der Waals surface area contributed by atoms with Crippen LogP contribution in [0.25, 0.3) is 0 Å². The van der Waals surface area contributed by atoms with Crippen LogP contribution < -0.4 is 0 Å². The van der Waals surface area contributed by atoms with Gasteiger partial charge in [-0.2, -0.15) is 0 Å². The Balaban J connectivity index is 1.85. The summed E-state index contributed by atoms with van der Waals surface area (Å²) < 4.78 is 5.55. The topological polar surface area (TPSA) is 26.3 Å². The second-order valence-corrected chi connectivity index (χ2v) is 11.9. The minimum Gasteiger partial charge on any atom is -0.465 e. The van der Waals surface area contributed by atoms with Gasteiger partial charge in [0.25, 0.3) is 0 Å². The lowest BCUT2D eigenvalue weighted by Gasteiger charge is -2.13. The van der Waals surface area contributed by atoms with Crippen molar-refractivity contribution < 1.29 is 9.53 Å². The molecule has 37 heavy (non-hydrogen) atoms. The molecule has 1 aromatic rings. The Morgan fingerprint density at radius 3 is 1.35 bits per heavy atom. The molecule has 0 fully saturated rings. The van der Waals surface area contributed by atoms with Crippen LogP contribution in [0.4, 0.5) is 0 Å². The van der Waals surface area contributed by atoms with Crippen molar-refractivity contribution in [2.75, 3.05) is 6.61 Å². The van der Waals surface area contributed by atoms with Crippen molar-refractivity contribution in [2.45, 2.75) is 168 Å². The smallest absolute Gasteiger partial charge is 0.313 e. The molecule has 0 saturated carbocycles. The van der Waals surface area contributed by atoms with E-state index >= 15 is 0 Å².